The summed E-state index contributed by atoms with van der Waals surface area (Å²) in [5.74, 6) is 1.10. The third-order valence-corrected chi connectivity index (χ3v) is 5.72. The van der Waals surface area contributed by atoms with Gasteiger partial charge in [-0.25, -0.2) is 0 Å². The van der Waals surface area contributed by atoms with Crippen LogP contribution in [0.15, 0.2) is 76.5 Å². The van der Waals surface area contributed by atoms with E-state index in [-0.39, 0.29) is 17.5 Å². The van der Waals surface area contributed by atoms with Crippen molar-refractivity contribution in [3.05, 3.63) is 98.6 Å². The van der Waals surface area contributed by atoms with E-state index in [9.17, 15) is 10.1 Å². The third kappa shape index (κ3) is 3.21. The van der Waals surface area contributed by atoms with Crippen molar-refractivity contribution in [2.45, 2.75) is 12.8 Å². The number of aromatic amines is 1. The Balaban J connectivity index is 1.65. The molecule has 160 valence electrons. The van der Waals surface area contributed by atoms with E-state index in [1.54, 1.807) is 12.1 Å². The second-order valence-electron chi connectivity index (χ2n) is 7.39. The van der Waals surface area contributed by atoms with E-state index < -0.39 is 4.92 Å². The van der Waals surface area contributed by atoms with Gasteiger partial charge in [-0.15, -0.1) is 5.10 Å². The molecule has 0 fully saturated rings. The van der Waals surface area contributed by atoms with Crippen molar-refractivity contribution in [3.63, 3.8) is 0 Å². The normalized spacial score (nSPS) is 15.4. The van der Waals surface area contributed by atoms with Gasteiger partial charge in [0.05, 0.1) is 27.7 Å². The summed E-state index contributed by atoms with van der Waals surface area (Å²) in [6.45, 7) is 1.86. The number of nitro groups is 1. The van der Waals surface area contributed by atoms with E-state index in [1.807, 2.05) is 37.3 Å². The molecule has 0 amide bonds. The van der Waals surface area contributed by atoms with Crippen LogP contribution in [0.4, 0.5) is 5.69 Å². The number of rotatable bonds is 4. The highest BCUT2D eigenvalue weighted by molar-refractivity contribution is 6.31. The number of hydrogen-bond donors (Lipinski definition) is 2. The van der Waals surface area contributed by atoms with Crippen molar-refractivity contribution in [2.75, 3.05) is 0 Å². The van der Waals surface area contributed by atoms with Crippen LogP contribution in [0, 0.1) is 10.1 Å². The quantitative estimate of drug-likeness (QED) is 0.309. The van der Waals surface area contributed by atoms with Crippen molar-refractivity contribution in [2.24, 2.45) is 5.73 Å². The van der Waals surface area contributed by atoms with Gasteiger partial charge in [0, 0.05) is 16.7 Å². The highest BCUT2D eigenvalue weighted by Gasteiger charge is 2.35. The smallest absolute Gasteiger partial charge is 0.280 e. The SMILES string of the molecule is CC1=C(N)Oc2n[nH]c(-c3ccccc3)c2[C@H]1c1ccc(-c2cc(Cl)ccc2[N+](=O)[O-])o1. The highest BCUT2D eigenvalue weighted by Crippen LogP contribution is 2.47. The number of benzene rings is 2. The number of aromatic nitrogens is 2. The largest absolute Gasteiger partial charge is 0.460 e. The van der Waals surface area contributed by atoms with Crippen molar-refractivity contribution >= 4 is 17.3 Å². The first-order valence-electron chi connectivity index (χ1n) is 9.76. The lowest BCUT2D eigenvalue weighted by Gasteiger charge is -2.23. The number of furan rings is 1. The predicted octanol–water partition coefficient (Wildman–Crippen LogP) is 5.61. The molecule has 1 aliphatic heterocycles. The number of nitrogens with zero attached hydrogens (tertiary/aromatic N) is 2. The van der Waals surface area contributed by atoms with Crippen LogP contribution in [0.25, 0.3) is 22.6 Å². The molecule has 3 N–H and O–H groups in total. The zero-order valence-corrected chi connectivity index (χ0v) is 17.6. The van der Waals surface area contributed by atoms with Gasteiger partial charge in [-0.3, -0.25) is 15.2 Å². The zero-order chi connectivity index (χ0) is 22.4. The molecule has 0 bridgehead atoms. The van der Waals surface area contributed by atoms with Crippen molar-refractivity contribution in [1.82, 2.24) is 10.2 Å². The molecule has 0 unspecified atom stereocenters. The number of allylic oxidation sites excluding steroid dienone is 1. The van der Waals surface area contributed by atoms with Crippen LogP contribution in [0.3, 0.4) is 0 Å². The third-order valence-electron chi connectivity index (χ3n) is 5.48. The molecule has 2 aromatic carbocycles. The van der Waals surface area contributed by atoms with Gasteiger partial charge >= 0.3 is 0 Å². The van der Waals surface area contributed by atoms with Crippen LogP contribution in [0.1, 0.15) is 24.2 Å². The van der Waals surface area contributed by atoms with Gasteiger partial charge in [-0.05, 0) is 36.8 Å². The molecule has 4 aromatic rings. The Kier molecular flexibility index (Phi) is 4.71. The number of ether oxygens (including phenoxy) is 1. The van der Waals surface area contributed by atoms with Gasteiger partial charge in [-0.2, -0.15) is 0 Å². The molecule has 8 nitrogen and oxygen atoms in total. The minimum atomic E-state index is -0.465. The van der Waals surface area contributed by atoms with Gasteiger partial charge in [0.1, 0.15) is 11.5 Å². The van der Waals surface area contributed by atoms with Gasteiger partial charge in [0.2, 0.25) is 5.88 Å². The van der Waals surface area contributed by atoms with Gasteiger partial charge in [-0.1, -0.05) is 41.9 Å². The number of H-pyrrole nitrogens is 1. The maximum Gasteiger partial charge on any atom is 0.280 e. The second-order valence-corrected chi connectivity index (χ2v) is 7.82. The molecule has 32 heavy (non-hydrogen) atoms. The lowest BCUT2D eigenvalue weighted by Crippen LogP contribution is -2.19. The number of nitro benzene ring substituents is 1. The molecule has 0 spiro atoms. The van der Waals surface area contributed by atoms with Crippen molar-refractivity contribution < 1.29 is 14.1 Å². The Morgan fingerprint density at radius 3 is 2.69 bits per heavy atom. The summed E-state index contributed by atoms with van der Waals surface area (Å²) in [5.41, 5.74) is 9.57. The van der Waals surface area contributed by atoms with Gasteiger partial charge in [0.15, 0.2) is 5.88 Å². The number of nitrogens with two attached hydrogens (primary N) is 1. The van der Waals surface area contributed by atoms with Crippen LogP contribution in [-0.4, -0.2) is 15.1 Å². The molecule has 2 aromatic heterocycles. The van der Waals surface area contributed by atoms with Crippen molar-refractivity contribution in [1.29, 1.82) is 0 Å². The summed E-state index contributed by atoms with van der Waals surface area (Å²) in [7, 11) is 0. The molecule has 0 saturated carbocycles. The molecule has 1 aliphatic rings. The van der Waals surface area contributed by atoms with Crippen molar-refractivity contribution in [3.8, 4) is 28.5 Å². The van der Waals surface area contributed by atoms with E-state index in [2.05, 4.69) is 10.2 Å². The van der Waals surface area contributed by atoms with Crippen LogP contribution in [0.2, 0.25) is 5.02 Å². The van der Waals surface area contributed by atoms with E-state index >= 15 is 0 Å². The molecule has 3 heterocycles. The molecular formula is C23H17ClN4O4. The number of hydrogen-bond acceptors (Lipinski definition) is 6. The lowest BCUT2D eigenvalue weighted by molar-refractivity contribution is -0.384. The Hall–Kier alpha value is -4.04. The summed E-state index contributed by atoms with van der Waals surface area (Å²) in [6, 6.07) is 17.5. The number of nitrogens with one attached hydrogen (secondary N) is 1. The minimum Gasteiger partial charge on any atom is -0.460 e. The average molecular weight is 449 g/mol. The molecule has 0 radical (unpaired) electrons. The van der Waals surface area contributed by atoms with E-state index in [1.165, 1.54) is 18.2 Å². The minimum absolute atomic E-state index is 0.0944. The average Bonchev–Trinajstić information content (AvgIpc) is 3.42. The van der Waals surface area contributed by atoms with Crippen LogP contribution < -0.4 is 10.5 Å². The number of halogens is 1. The first kappa shape index (κ1) is 19.9. The number of fused-ring (bicyclic) bond motifs is 1. The predicted molar refractivity (Wildman–Crippen MR) is 119 cm³/mol. The van der Waals surface area contributed by atoms with E-state index in [4.69, 9.17) is 26.5 Å². The molecule has 5 rings (SSSR count). The first-order valence-corrected chi connectivity index (χ1v) is 10.1. The molecule has 1 atom stereocenters. The van der Waals surface area contributed by atoms with Gasteiger partial charge < -0.3 is 14.9 Å². The fourth-order valence-corrected chi connectivity index (χ4v) is 4.09. The zero-order valence-electron chi connectivity index (χ0n) is 16.8. The summed E-state index contributed by atoms with van der Waals surface area (Å²) in [5, 5.41) is 19.2. The molecule has 0 saturated heterocycles. The maximum absolute atomic E-state index is 11.5. The summed E-state index contributed by atoms with van der Waals surface area (Å²) >= 11 is 6.09. The Bertz CT molecular complexity index is 1370. The van der Waals surface area contributed by atoms with E-state index in [0.717, 1.165) is 22.4 Å². The second kappa shape index (κ2) is 7.58. The van der Waals surface area contributed by atoms with Gasteiger partial charge in [0.25, 0.3) is 5.69 Å². The Labute approximate surface area is 187 Å². The van der Waals surface area contributed by atoms with Crippen LogP contribution in [0.5, 0.6) is 5.88 Å². The Morgan fingerprint density at radius 1 is 1.16 bits per heavy atom. The Morgan fingerprint density at radius 2 is 1.94 bits per heavy atom. The van der Waals surface area contributed by atoms with E-state index in [0.29, 0.717) is 28.0 Å². The molecule has 0 aliphatic carbocycles. The summed E-state index contributed by atoms with van der Waals surface area (Å²) in [4.78, 5) is 11.0. The lowest BCUT2D eigenvalue weighted by atomic mass is 9.87. The standard InChI is InChI=1S/C23H17ClN4O4/c1-12-19(18-10-9-17(31-18)15-11-14(24)7-8-16(15)28(29)30)20-21(13-5-3-2-4-6-13)26-27-23(20)32-22(12)25/h2-11,19H,25H2,1H3,(H,26,27)/t19-/m1/s1. The topological polar surface area (TPSA) is 120 Å². The van der Waals surface area contributed by atoms with Crippen LogP contribution >= 0.6 is 11.6 Å². The highest BCUT2D eigenvalue weighted by atomic mass is 35.5. The molecule has 9 heteroatoms. The molecular weight excluding hydrogens is 432 g/mol. The fraction of sp³-hybridized carbons (Fsp3) is 0.0870. The maximum atomic E-state index is 11.5. The summed E-state index contributed by atoms with van der Waals surface area (Å²) < 4.78 is 11.9. The monoisotopic (exact) mass is 448 g/mol. The van der Waals surface area contributed by atoms with Crippen LogP contribution in [-0.2, 0) is 0 Å². The first-order chi connectivity index (χ1) is 15.4. The summed E-state index contributed by atoms with van der Waals surface area (Å²) in [6.07, 6.45) is 0. The fourth-order valence-electron chi connectivity index (χ4n) is 3.92.